The van der Waals surface area contributed by atoms with E-state index in [0.29, 0.717) is 19.5 Å². The molecule has 162 valence electrons. The van der Waals surface area contributed by atoms with E-state index < -0.39 is 6.04 Å². The number of H-pyrrole nitrogens is 1. The van der Waals surface area contributed by atoms with Crippen LogP contribution in [0.2, 0.25) is 0 Å². The molecule has 1 amide bonds. The average molecular weight is 420 g/mol. The predicted molar refractivity (Wildman–Crippen MR) is 120 cm³/mol. The summed E-state index contributed by atoms with van der Waals surface area (Å²) in [6, 6.07) is 15.6. The summed E-state index contributed by atoms with van der Waals surface area (Å²) in [5.74, 6) is 0.812. The summed E-state index contributed by atoms with van der Waals surface area (Å²) in [4.78, 5) is 18.5. The summed E-state index contributed by atoms with van der Waals surface area (Å²) in [5.41, 5.74) is 10.7. The Labute approximate surface area is 182 Å². The van der Waals surface area contributed by atoms with Crippen LogP contribution in [0.15, 0.2) is 48.5 Å². The number of carbonyl (C=O) groups excluding carboxylic acids is 1. The molecule has 1 saturated heterocycles. The Morgan fingerprint density at radius 1 is 1.19 bits per heavy atom. The van der Waals surface area contributed by atoms with Crippen LogP contribution in [-0.4, -0.2) is 48.6 Å². The van der Waals surface area contributed by atoms with Crippen molar-refractivity contribution < 1.29 is 14.3 Å². The maximum atomic E-state index is 13.0. The van der Waals surface area contributed by atoms with Gasteiger partial charge in [-0.2, -0.15) is 0 Å². The number of para-hydroxylation sites is 1. The number of nitrogens with two attached hydrogens (primary N) is 1. The van der Waals surface area contributed by atoms with Gasteiger partial charge >= 0.3 is 0 Å². The zero-order valence-corrected chi connectivity index (χ0v) is 17.9. The van der Waals surface area contributed by atoms with E-state index in [1.807, 2.05) is 29.2 Å². The molecule has 3 aromatic rings. The van der Waals surface area contributed by atoms with Crippen molar-refractivity contribution in [2.24, 2.45) is 5.73 Å². The Bertz CT molecular complexity index is 1080. The lowest BCUT2D eigenvalue weighted by Crippen LogP contribution is -2.52. The van der Waals surface area contributed by atoms with Crippen LogP contribution in [0.1, 0.15) is 29.7 Å². The fraction of sp³-hybridized carbons (Fsp3) is 0.400. The summed E-state index contributed by atoms with van der Waals surface area (Å²) < 4.78 is 11.6. The number of hydrogen-bond acceptors (Lipinski definition) is 4. The summed E-state index contributed by atoms with van der Waals surface area (Å²) in [5, 5.41) is 1.29. The molecule has 2 aliphatic heterocycles. The number of aromatic amines is 1. The first-order valence-corrected chi connectivity index (χ1v) is 11.0. The van der Waals surface area contributed by atoms with Crippen LogP contribution in [0.4, 0.5) is 0 Å². The number of piperidine rings is 1. The lowest BCUT2D eigenvalue weighted by molar-refractivity contribution is -0.142. The number of likely N-dealkylation sites (tertiary alicyclic amines) is 1. The number of ether oxygens (including phenoxy) is 2. The number of fused-ring (bicyclic) bond motifs is 4. The van der Waals surface area contributed by atoms with Gasteiger partial charge in [0.15, 0.2) is 0 Å². The molecule has 31 heavy (non-hydrogen) atoms. The van der Waals surface area contributed by atoms with E-state index in [1.165, 1.54) is 16.6 Å². The van der Waals surface area contributed by atoms with Gasteiger partial charge in [-0.05, 0) is 55.0 Å². The minimum absolute atomic E-state index is 0.0124. The first kappa shape index (κ1) is 20.1. The standard InChI is InChI=1S/C25H29N3O3/c1-30-18-8-6-17(7-9-18)16-21(26)24(29)28-13-11-25(12-14-28)23-20(10-15-31-25)19-4-2-3-5-22(19)27-23/h2-9,21,27H,10-16,26H2,1H3/t21-/m0/s1. The van der Waals surface area contributed by atoms with Crippen LogP contribution in [0, 0.1) is 0 Å². The zero-order chi connectivity index (χ0) is 21.4. The monoisotopic (exact) mass is 419 g/mol. The molecule has 2 aliphatic rings. The minimum Gasteiger partial charge on any atom is -0.497 e. The molecule has 0 bridgehead atoms. The quantitative estimate of drug-likeness (QED) is 0.681. The summed E-state index contributed by atoms with van der Waals surface area (Å²) in [6.45, 7) is 2.04. The smallest absolute Gasteiger partial charge is 0.239 e. The van der Waals surface area contributed by atoms with E-state index in [4.69, 9.17) is 15.2 Å². The maximum Gasteiger partial charge on any atom is 0.239 e. The van der Waals surface area contributed by atoms with Crippen LogP contribution in [0.3, 0.4) is 0 Å². The molecule has 3 N–H and O–H groups in total. The molecule has 1 aromatic heterocycles. The fourth-order valence-corrected chi connectivity index (χ4v) is 5.09. The lowest BCUT2D eigenvalue weighted by Gasteiger charge is -2.44. The van der Waals surface area contributed by atoms with E-state index in [2.05, 4.69) is 29.2 Å². The number of amides is 1. The van der Waals surface area contributed by atoms with Crippen molar-refractivity contribution in [3.63, 3.8) is 0 Å². The SMILES string of the molecule is COc1ccc(C[C@H](N)C(=O)N2CCC3(CC2)OCCc2c3[nH]c3ccccc23)cc1. The van der Waals surface area contributed by atoms with Crippen molar-refractivity contribution in [3.05, 3.63) is 65.4 Å². The summed E-state index contributed by atoms with van der Waals surface area (Å²) in [7, 11) is 1.64. The second-order valence-corrected chi connectivity index (χ2v) is 8.60. The first-order chi connectivity index (χ1) is 15.1. The van der Waals surface area contributed by atoms with Crippen molar-refractivity contribution in [3.8, 4) is 5.75 Å². The van der Waals surface area contributed by atoms with Crippen LogP contribution in [0.25, 0.3) is 10.9 Å². The summed E-state index contributed by atoms with van der Waals surface area (Å²) >= 11 is 0. The lowest BCUT2D eigenvalue weighted by atomic mass is 9.83. The Morgan fingerprint density at radius 3 is 2.68 bits per heavy atom. The molecule has 0 saturated carbocycles. The highest BCUT2D eigenvalue weighted by atomic mass is 16.5. The van der Waals surface area contributed by atoms with Gasteiger partial charge in [-0.3, -0.25) is 4.79 Å². The molecule has 6 heteroatoms. The van der Waals surface area contributed by atoms with Gasteiger partial charge in [-0.25, -0.2) is 0 Å². The molecule has 1 atom stereocenters. The van der Waals surface area contributed by atoms with Gasteiger partial charge in [0.1, 0.15) is 11.4 Å². The third-order valence-electron chi connectivity index (χ3n) is 6.81. The largest absolute Gasteiger partial charge is 0.497 e. The van der Waals surface area contributed by atoms with E-state index in [1.54, 1.807) is 7.11 Å². The van der Waals surface area contributed by atoms with Crippen LogP contribution in [0.5, 0.6) is 5.75 Å². The molecule has 5 rings (SSSR count). The number of aromatic nitrogens is 1. The summed E-state index contributed by atoms with van der Waals surface area (Å²) in [6.07, 6.45) is 3.02. The van der Waals surface area contributed by atoms with Gasteiger partial charge < -0.3 is 25.1 Å². The van der Waals surface area contributed by atoms with Crippen LogP contribution in [-0.2, 0) is 28.0 Å². The number of hydrogen-bond donors (Lipinski definition) is 2. The molecular formula is C25H29N3O3. The van der Waals surface area contributed by atoms with Crippen molar-refractivity contribution in [2.45, 2.75) is 37.3 Å². The molecule has 1 fully saturated rings. The number of benzene rings is 2. The number of nitrogens with one attached hydrogen (secondary N) is 1. The molecule has 1 spiro atoms. The number of rotatable bonds is 4. The molecular weight excluding hydrogens is 390 g/mol. The second-order valence-electron chi connectivity index (χ2n) is 8.60. The number of carbonyl (C=O) groups is 1. The topological polar surface area (TPSA) is 80.6 Å². The molecule has 0 radical (unpaired) electrons. The molecule has 0 unspecified atom stereocenters. The Balaban J connectivity index is 1.27. The molecule has 6 nitrogen and oxygen atoms in total. The Hall–Kier alpha value is -2.83. The van der Waals surface area contributed by atoms with Crippen LogP contribution < -0.4 is 10.5 Å². The normalized spacial score (nSPS) is 18.7. The van der Waals surface area contributed by atoms with Gasteiger partial charge in [0.25, 0.3) is 0 Å². The fourth-order valence-electron chi connectivity index (χ4n) is 5.09. The van der Waals surface area contributed by atoms with Crippen molar-refractivity contribution >= 4 is 16.8 Å². The van der Waals surface area contributed by atoms with Gasteiger partial charge in [0.2, 0.25) is 5.91 Å². The van der Waals surface area contributed by atoms with Gasteiger partial charge in [-0.15, -0.1) is 0 Å². The number of methoxy groups -OCH3 is 1. The maximum absolute atomic E-state index is 13.0. The van der Waals surface area contributed by atoms with Crippen LogP contribution >= 0.6 is 0 Å². The first-order valence-electron chi connectivity index (χ1n) is 11.0. The second kappa shape index (κ2) is 8.02. The van der Waals surface area contributed by atoms with E-state index in [0.717, 1.165) is 42.7 Å². The third-order valence-corrected chi connectivity index (χ3v) is 6.81. The average Bonchev–Trinajstić information content (AvgIpc) is 3.20. The number of nitrogens with zero attached hydrogens (tertiary/aromatic N) is 1. The van der Waals surface area contributed by atoms with Gasteiger partial charge in [-0.1, -0.05) is 30.3 Å². The van der Waals surface area contributed by atoms with E-state index >= 15 is 0 Å². The molecule has 2 aromatic carbocycles. The van der Waals surface area contributed by atoms with Crippen molar-refractivity contribution in [1.82, 2.24) is 9.88 Å². The Morgan fingerprint density at radius 2 is 1.94 bits per heavy atom. The zero-order valence-electron chi connectivity index (χ0n) is 17.9. The van der Waals surface area contributed by atoms with E-state index in [9.17, 15) is 4.79 Å². The van der Waals surface area contributed by atoms with Gasteiger partial charge in [0, 0.05) is 24.0 Å². The predicted octanol–water partition coefficient (Wildman–Crippen LogP) is 3.14. The molecule has 3 heterocycles. The van der Waals surface area contributed by atoms with Gasteiger partial charge in [0.05, 0.1) is 25.5 Å². The third kappa shape index (κ3) is 3.60. The van der Waals surface area contributed by atoms with Crippen molar-refractivity contribution in [1.29, 1.82) is 0 Å². The van der Waals surface area contributed by atoms with Crippen molar-refractivity contribution in [2.75, 3.05) is 26.8 Å². The highest BCUT2D eigenvalue weighted by molar-refractivity contribution is 5.85. The molecule has 0 aliphatic carbocycles. The Kier molecular flexibility index (Phi) is 5.20. The van der Waals surface area contributed by atoms with E-state index in [-0.39, 0.29) is 11.5 Å². The highest BCUT2D eigenvalue weighted by Crippen LogP contribution is 2.43. The highest BCUT2D eigenvalue weighted by Gasteiger charge is 2.43. The minimum atomic E-state index is -0.543.